The molecule has 1 aliphatic heterocycles. The lowest BCUT2D eigenvalue weighted by Gasteiger charge is -2.38. The molecule has 1 saturated heterocycles. The molecule has 2 aromatic carbocycles. The summed E-state index contributed by atoms with van der Waals surface area (Å²) in [4.78, 5) is 39.2. The zero-order valence-corrected chi connectivity index (χ0v) is 18.2. The number of hydrogen-bond donors (Lipinski definition) is 0. The highest BCUT2D eigenvalue weighted by Gasteiger charge is 2.29. The van der Waals surface area contributed by atoms with Gasteiger partial charge in [-0.3, -0.25) is 9.59 Å². The van der Waals surface area contributed by atoms with Crippen molar-refractivity contribution >= 4 is 17.7 Å². The fourth-order valence-electron chi connectivity index (χ4n) is 3.94. The van der Waals surface area contributed by atoms with E-state index in [0.717, 1.165) is 19.3 Å². The lowest BCUT2D eigenvalue weighted by molar-refractivity contribution is -0.139. The van der Waals surface area contributed by atoms with Gasteiger partial charge >= 0.3 is 5.97 Å². The third-order valence-corrected chi connectivity index (χ3v) is 5.65. The number of ketones is 1. The number of esters is 1. The van der Waals surface area contributed by atoms with E-state index in [1.807, 2.05) is 11.0 Å². The Morgan fingerprint density at radius 2 is 1.55 bits per heavy atom. The van der Waals surface area contributed by atoms with Gasteiger partial charge in [0.15, 0.2) is 12.7 Å². The molecule has 3 unspecified atom stereocenters. The average Bonchev–Trinajstić information content (AvgIpc) is 2.78. The maximum atomic E-state index is 12.6. The van der Waals surface area contributed by atoms with Crippen molar-refractivity contribution < 1.29 is 23.9 Å². The van der Waals surface area contributed by atoms with Crippen LogP contribution in [-0.2, 0) is 9.53 Å². The molecule has 6 heteroatoms. The lowest BCUT2D eigenvalue weighted by Crippen LogP contribution is -2.49. The highest BCUT2D eigenvalue weighted by Crippen LogP contribution is 2.23. The molecular weight excluding hydrogens is 394 g/mol. The van der Waals surface area contributed by atoms with E-state index in [2.05, 4.69) is 13.8 Å². The standard InChI is InChI=1S/C25H29NO5/c1-17-8-7-9-18(2)26(17)23(27)16-30-22-14-12-21(13-15-22)25(29)31-19(3)24(28)20-10-5-4-6-11-20/h4-6,10-15,17-19H,7-9,16H2,1-3H3. The van der Waals surface area contributed by atoms with Gasteiger partial charge in [-0.1, -0.05) is 30.3 Å². The molecule has 31 heavy (non-hydrogen) atoms. The third-order valence-electron chi connectivity index (χ3n) is 5.65. The summed E-state index contributed by atoms with van der Waals surface area (Å²) < 4.78 is 10.9. The Morgan fingerprint density at radius 1 is 0.935 bits per heavy atom. The molecule has 0 bridgehead atoms. The van der Waals surface area contributed by atoms with Gasteiger partial charge in [0.2, 0.25) is 5.78 Å². The number of likely N-dealkylation sites (tertiary alicyclic amines) is 1. The second-order valence-corrected chi connectivity index (χ2v) is 8.02. The van der Waals surface area contributed by atoms with Crippen molar-refractivity contribution in [1.82, 2.24) is 4.90 Å². The van der Waals surface area contributed by atoms with Crippen LogP contribution in [0.1, 0.15) is 60.7 Å². The van der Waals surface area contributed by atoms with Crippen molar-refractivity contribution in [2.75, 3.05) is 6.61 Å². The number of nitrogens with zero attached hydrogens (tertiary/aromatic N) is 1. The third kappa shape index (κ3) is 5.72. The molecule has 164 valence electrons. The number of hydrogen-bond acceptors (Lipinski definition) is 5. The van der Waals surface area contributed by atoms with Crippen molar-refractivity contribution in [3.8, 4) is 5.75 Å². The lowest BCUT2D eigenvalue weighted by atomic mass is 9.97. The predicted molar refractivity (Wildman–Crippen MR) is 117 cm³/mol. The van der Waals surface area contributed by atoms with E-state index in [9.17, 15) is 14.4 Å². The molecule has 1 amide bonds. The zero-order valence-electron chi connectivity index (χ0n) is 18.2. The summed E-state index contributed by atoms with van der Waals surface area (Å²) in [6.45, 7) is 5.65. The summed E-state index contributed by atoms with van der Waals surface area (Å²) >= 11 is 0. The molecule has 1 aliphatic rings. The SMILES string of the molecule is CC(OC(=O)c1ccc(OCC(=O)N2C(C)CCCC2C)cc1)C(=O)c1ccccc1. The molecule has 0 aromatic heterocycles. The quantitative estimate of drug-likeness (QED) is 0.491. The van der Waals surface area contributed by atoms with Crippen molar-refractivity contribution in [1.29, 1.82) is 0 Å². The highest BCUT2D eigenvalue weighted by molar-refractivity contribution is 6.01. The first-order chi connectivity index (χ1) is 14.9. The minimum Gasteiger partial charge on any atom is -0.484 e. The van der Waals surface area contributed by atoms with E-state index in [-0.39, 0.29) is 30.4 Å². The van der Waals surface area contributed by atoms with Crippen LogP contribution in [0, 0.1) is 0 Å². The van der Waals surface area contributed by atoms with Crippen LogP contribution >= 0.6 is 0 Å². The molecule has 1 heterocycles. The van der Waals surface area contributed by atoms with Crippen molar-refractivity contribution in [2.45, 2.75) is 58.2 Å². The van der Waals surface area contributed by atoms with Crippen LogP contribution in [-0.4, -0.2) is 47.4 Å². The molecule has 3 rings (SSSR count). The number of piperidine rings is 1. The molecule has 0 spiro atoms. The van der Waals surface area contributed by atoms with Crippen molar-refractivity contribution in [2.24, 2.45) is 0 Å². The van der Waals surface area contributed by atoms with Crippen LogP contribution in [0.25, 0.3) is 0 Å². The summed E-state index contributed by atoms with van der Waals surface area (Å²) in [7, 11) is 0. The second kappa shape index (κ2) is 10.2. The first-order valence-corrected chi connectivity index (χ1v) is 10.7. The minimum atomic E-state index is -0.892. The van der Waals surface area contributed by atoms with Crippen LogP contribution in [0.4, 0.5) is 0 Å². The van der Waals surface area contributed by atoms with Gasteiger partial charge in [0.25, 0.3) is 5.91 Å². The maximum absolute atomic E-state index is 12.6. The number of benzene rings is 2. The van der Waals surface area contributed by atoms with E-state index < -0.39 is 12.1 Å². The van der Waals surface area contributed by atoms with Gasteiger partial charge in [0.1, 0.15) is 5.75 Å². The molecule has 3 atom stereocenters. The maximum Gasteiger partial charge on any atom is 0.338 e. The minimum absolute atomic E-state index is 0.0311. The topological polar surface area (TPSA) is 72.9 Å². The molecular formula is C25H29NO5. The first-order valence-electron chi connectivity index (χ1n) is 10.7. The van der Waals surface area contributed by atoms with Crippen molar-refractivity contribution in [3.05, 3.63) is 65.7 Å². The smallest absolute Gasteiger partial charge is 0.338 e. The molecule has 0 saturated carbocycles. The number of carbonyl (C=O) groups excluding carboxylic acids is 3. The number of Topliss-reactive ketones (excluding diaryl/α,β-unsaturated/α-hetero) is 1. The molecule has 1 fully saturated rings. The van der Waals surface area contributed by atoms with Gasteiger partial charge in [-0.15, -0.1) is 0 Å². The second-order valence-electron chi connectivity index (χ2n) is 8.02. The monoisotopic (exact) mass is 423 g/mol. The van der Waals surface area contributed by atoms with Crippen LogP contribution in [0.3, 0.4) is 0 Å². The Kier molecular flexibility index (Phi) is 7.45. The fraction of sp³-hybridized carbons (Fsp3) is 0.400. The Balaban J connectivity index is 1.53. The summed E-state index contributed by atoms with van der Waals surface area (Å²) in [5.41, 5.74) is 0.804. The largest absolute Gasteiger partial charge is 0.484 e. The van der Waals surface area contributed by atoms with Gasteiger partial charge in [0.05, 0.1) is 5.56 Å². The zero-order chi connectivity index (χ0) is 22.4. The van der Waals surface area contributed by atoms with E-state index in [1.165, 1.54) is 0 Å². The van der Waals surface area contributed by atoms with E-state index in [1.54, 1.807) is 55.5 Å². The average molecular weight is 424 g/mol. The van der Waals surface area contributed by atoms with E-state index >= 15 is 0 Å². The van der Waals surface area contributed by atoms with Crippen molar-refractivity contribution in [3.63, 3.8) is 0 Å². The Labute approximate surface area is 183 Å². The number of rotatable bonds is 7. The fourth-order valence-corrected chi connectivity index (χ4v) is 3.94. The molecule has 6 nitrogen and oxygen atoms in total. The highest BCUT2D eigenvalue weighted by atomic mass is 16.5. The number of carbonyl (C=O) groups is 3. The van der Waals surface area contributed by atoms with Gasteiger partial charge < -0.3 is 14.4 Å². The van der Waals surface area contributed by atoms with Crippen LogP contribution < -0.4 is 4.74 Å². The summed E-state index contributed by atoms with van der Waals surface area (Å²) in [5, 5.41) is 0. The molecule has 0 N–H and O–H groups in total. The Hall–Kier alpha value is -3.15. The van der Waals surface area contributed by atoms with Crippen LogP contribution in [0.5, 0.6) is 5.75 Å². The van der Waals surface area contributed by atoms with Crippen LogP contribution in [0.2, 0.25) is 0 Å². The molecule has 2 aromatic rings. The Morgan fingerprint density at radius 3 is 2.16 bits per heavy atom. The van der Waals surface area contributed by atoms with E-state index in [4.69, 9.17) is 9.47 Å². The summed E-state index contributed by atoms with van der Waals surface area (Å²) in [6.07, 6.45) is 2.27. The van der Waals surface area contributed by atoms with E-state index in [0.29, 0.717) is 16.9 Å². The Bertz CT molecular complexity index is 899. The first kappa shape index (κ1) is 22.5. The molecule has 0 radical (unpaired) electrons. The van der Waals surface area contributed by atoms with Gasteiger partial charge in [0, 0.05) is 17.6 Å². The summed E-state index contributed by atoms with van der Waals surface area (Å²) in [5.74, 6) is -0.379. The predicted octanol–water partition coefficient (Wildman–Crippen LogP) is 4.28. The van der Waals surface area contributed by atoms with Gasteiger partial charge in [-0.2, -0.15) is 0 Å². The normalized spacial score (nSPS) is 19.4. The van der Waals surface area contributed by atoms with Gasteiger partial charge in [-0.25, -0.2) is 4.79 Å². The van der Waals surface area contributed by atoms with Gasteiger partial charge in [-0.05, 0) is 64.3 Å². The number of amides is 1. The number of ether oxygens (including phenoxy) is 2. The molecule has 0 aliphatic carbocycles. The summed E-state index contributed by atoms with van der Waals surface area (Å²) in [6, 6.07) is 15.5. The van der Waals surface area contributed by atoms with Crippen LogP contribution in [0.15, 0.2) is 54.6 Å².